The van der Waals surface area contributed by atoms with E-state index < -0.39 is 6.09 Å². The highest BCUT2D eigenvalue weighted by Gasteiger charge is 2.39. The van der Waals surface area contributed by atoms with Gasteiger partial charge in [0.1, 0.15) is 5.60 Å². The maximum Gasteiger partial charge on any atom is 0.430 e. The van der Waals surface area contributed by atoms with Crippen LogP contribution in [-0.2, 0) is 15.1 Å². The Kier molecular flexibility index (Phi) is 6.56. The fourth-order valence-corrected chi connectivity index (χ4v) is 4.61. The smallest absolute Gasteiger partial charge is 0.351 e. The topological polar surface area (TPSA) is 62.8 Å². The molecule has 1 amide bonds. The Morgan fingerprint density at radius 2 is 1.50 bits per heavy atom. The number of nitrogens with one attached hydrogen (secondary N) is 2. The summed E-state index contributed by atoms with van der Waals surface area (Å²) in [5.41, 5.74) is 9.18. The van der Waals surface area contributed by atoms with E-state index in [1.54, 1.807) is 5.06 Å². The van der Waals surface area contributed by atoms with Crippen LogP contribution in [-0.4, -0.2) is 29.8 Å². The predicted molar refractivity (Wildman–Crippen MR) is 143 cm³/mol. The third-order valence-electron chi connectivity index (χ3n) is 6.85. The number of hydrogen-bond donors (Lipinski definition) is 2. The van der Waals surface area contributed by atoms with Gasteiger partial charge in [-0.2, -0.15) is 0 Å². The summed E-state index contributed by atoms with van der Waals surface area (Å²) in [6.07, 6.45) is 3.13. The second-order valence-electron chi connectivity index (χ2n) is 10.5. The monoisotopic (exact) mass is 483 g/mol. The summed E-state index contributed by atoms with van der Waals surface area (Å²) >= 11 is 0. The molecule has 36 heavy (non-hydrogen) atoms. The van der Waals surface area contributed by atoms with Crippen molar-refractivity contribution in [1.82, 2.24) is 10.5 Å². The SMILES string of the molecule is CC(C)(C)c1ccc(C2=CC3(CCN(OC(=O)Nc4ccc(-c5ccccc5)cc4)CC3)ON2)cc1. The first-order valence-electron chi connectivity index (χ1n) is 12.5. The average Bonchev–Trinajstić information content (AvgIpc) is 3.30. The van der Waals surface area contributed by atoms with Gasteiger partial charge in [-0.1, -0.05) is 87.5 Å². The summed E-state index contributed by atoms with van der Waals surface area (Å²) < 4.78 is 0. The van der Waals surface area contributed by atoms with Crippen LogP contribution in [0.4, 0.5) is 10.5 Å². The fraction of sp³-hybridized carbons (Fsp3) is 0.300. The van der Waals surface area contributed by atoms with Crippen molar-refractivity contribution in [2.75, 3.05) is 18.4 Å². The Morgan fingerprint density at radius 1 is 0.889 bits per heavy atom. The molecule has 0 aromatic heterocycles. The maximum absolute atomic E-state index is 12.5. The molecule has 5 rings (SSSR count). The summed E-state index contributed by atoms with van der Waals surface area (Å²) in [6.45, 7) is 7.82. The highest BCUT2D eigenvalue weighted by atomic mass is 16.7. The highest BCUT2D eigenvalue weighted by molar-refractivity contribution is 5.85. The summed E-state index contributed by atoms with van der Waals surface area (Å²) in [5, 5.41) is 4.51. The Balaban J connectivity index is 1.13. The van der Waals surface area contributed by atoms with Crippen LogP contribution in [0.1, 0.15) is 44.7 Å². The Bertz CT molecular complexity index is 1220. The average molecular weight is 484 g/mol. The van der Waals surface area contributed by atoms with Crippen molar-refractivity contribution in [3.05, 3.63) is 96.1 Å². The van der Waals surface area contributed by atoms with Crippen LogP contribution in [0, 0.1) is 0 Å². The standard InChI is InChI=1S/C30H33N3O3/c1-29(2,3)25-13-9-24(10-14-25)27-21-30(36-32-27)17-19-33(20-18-30)35-28(34)31-26-15-11-23(12-16-26)22-7-5-4-6-8-22/h4-16,21,32H,17-20H2,1-3H3,(H,31,34). The number of hydrogen-bond acceptors (Lipinski definition) is 5. The first-order valence-corrected chi connectivity index (χ1v) is 12.5. The lowest BCUT2D eigenvalue weighted by molar-refractivity contribution is -0.153. The number of nitrogens with zero attached hydrogens (tertiary/aromatic N) is 1. The van der Waals surface area contributed by atoms with Gasteiger partial charge in [0.15, 0.2) is 0 Å². The van der Waals surface area contributed by atoms with Crippen molar-refractivity contribution in [2.24, 2.45) is 0 Å². The van der Waals surface area contributed by atoms with Crippen LogP contribution >= 0.6 is 0 Å². The molecule has 6 heteroatoms. The van der Waals surface area contributed by atoms with Crippen LogP contribution in [0.3, 0.4) is 0 Å². The van der Waals surface area contributed by atoms with E-state index in [0.29, 0.717) is 18.8 Å². The predicted octanol–water partition coefficient (Wildman–Crippen LogP) is 6.53. The second kappa shape index (κ2) is 9.80. The van der Waals surface area contributed by atoms with E-state index in [-0.39, 0.29) is 11.0 Å². The normalized spacial score (nSPS) is 17.4. The van der Waals surface area contributed by atoms with Gasteiger partial charge < -0.3 is 4.84 Å². The van der Waals surface area contributed by atoms with Crippen molar-refractivity contribution in [2.45, 2.75) is 44.6 Å². The van der Waals surface area contributed by atoms with Crippen molar-refractivity contribution in [3.8, 4) is 11.1 Å². The van der Waals surface area contributed by atoms with E-state index in [4.69, 9.17) is 9.68 Å². The molecule has 0 bridgehead atoms. The Labute approximate surface area is 212 Å². The number of benzene rings is 3. The molecule has 1 spiro atoms. The number of hydroxylamine groups is 3. The fourth-order valence-electron chi connectivity index (χ4n) is 4.61. The zero-order valence-corrected chi connectivity index (χ0v) is 21.1. The number of rotatable bonds is 4. The number of carbonyl (C=O) groups is 1. The van der Waals surface area contributed by atoms with Crippen LogP contribution < -0.4 is 10.8 Å². The highest BCUT2D eigenvalue weighted by Crippen LogP contribution is 2.35. The van der Waals surface area contributed by atoms with Gasteiger partial charge in [0.2, 0.25) is 0 Å². The summed E-state index contributed by atoms with van der Waals surface area (Å²) in [5.74, 6) is 0. The molecule has 2 N–H and O–H groups in total. The number of carbonyl (C=O) groups excluding carboxylic acids is 1. The van der Waals surface area contributed by atoms with Crippen LogP contribution in [0.15, 0.2) is 84.9 Å². The van der Waals surface area contributed by atoms with Gasteiger partial charge in [0, 0.05) is 18.8 Å². The zero-order valence-electron chi connectivity index (χ0n) is 21.1. The van der Waals surface area contributed by atoms with E-state index in [9.17, 15) is 4.79 Å². The molecule has 0 radical (unpaired) electrons. The number of anilines is 1. The Morgan fingerprint density at radius 3 is 2.14 bits per heavy atom. The lowest BCUT2D eigenvalue weighted by atomic mass is 9.86. The lowest BCUT2D eigenvalue weighted by Crippen LogP contribution is -2.45. The van der Waals surface area contributed by atoms with Gasteiger partial charge in [0.05, 0.1) is 5.70 Å². The molecule has 0 atom stereocenters. The van der Waals surface area contributed by atoms with Gasteiger partial charge in [-0.25, -0.2) is 4.79 Å². The van der Waals surface area contributed by atoms with Gasteiger partial charge >= 0.3 is 6.09 Å². The molecule has 2 heterocycles. The second-order valence-corrected chi connectivity index (χ2v) is 10.5. The van der Waals surface area contributed by atoms with Crippen LogP contribution in [0.25, 0.3) is 16.8 Å². The first kappa shape index (κ1) is 24.1. The summed E-state index contributed by atoms with van der Waals surface area (Å²) in [6, 6.07) is 26.5. The zero-order chi connectivity index (χ0) is 25.2. The van der Waals surface area contributed by atoms with Crippen molar-refractivity contribution in [1.29, 1.82) is 0 Å². The van der Waals surface area contributed by atoms with E-state index >= 15 is 0 Å². The van der Waals surface area contributed by atoms with Gasteiger partial charge in [0.25, 0.3) is 0 Å². The van der Waals surface area contributed by atoms with Crippen LogP contribution in [0.2, 0.25) is 0 Å². The van der Waals surface area contributed by atoms with Gasteiger partial charge in [-0.15, -0.1) is 5.06 Å². The quantitative estimate of drug-likeness (QED) is 0.442. The lowest BCUT2D eigenvalue weighted by Gasteiger charge is -2.35. The molecule has 2 aliphatic heterocycles. The third-order valence-corrected chi connectivity index (χ3v) is 6.85. The Hall–Kier alpha value is -3.61. The molecule has 3 aromatic rings. The van der Waals surface area contributed by atoms with E-state index in [1.807, 2.05) is 42.5 Å². The minimum Gasteiger partial charge on any atom is -0.351 e. The van der Waals surface area contributed by atoms with Crippen LogP contribution in [0.5, 0.6) is 0 Å². The first-order chi connectivity index (χ1) is 17.3. The molecular weight excluding hydrogens is 450 g/mol. The van der Waals surface area contributed by atoms with Crippen molar-refractivity contribution < 1.29 is 14.5 Å². The van der Waals surface area contributed by atoms with Gasteiger partial charge in [-0.3, -0.25) is 15.6 Å². The largest absolute Gasteiger partial charge is 0.430 e. The molecule has 1 saturated heterocycles. The van der Waals surface area contributed by atoms with Crippen molar-refractivity contribution >= 4 is 17.5 Å². The minimum absolute atomic E-state index is 0.123. The number of amides is 1. The third kappa shape index (κ3) is 5.45. The molecule has 3 aromatic carbocycles. The summed E-state index contributed by atoms with van der Waals surface area (Å²) in [7, 11) is 0. The molecule has 186 valence electrons. The maximum atomic E-state index is 12.5. The summed E-state index contributed by atoms with van der Waals surface area (Å²) in [4.78, 5) is 24.0. The molecule has 0 saturated carbocycles. The molecule has 0 unspecified atom stereocenters. The van der Waals surface area contributed by atoms with Crippen molar-refractivity contribution in [3.63, 3.8) is 0 Å². The molecule has 6 nitrogen and oxygen atoms in total. The van der Waals surface area contributed by atoms with E-state index in [0.717, 1.165) is 35.2 Å². The minimum atomic E-state index is -0.487. The molecule has 1 fully saturated rings. The molecule has 2 aliphatic rings. The molecule has 0 aliphatic carbocycles. The van der Waals surface area contributed by atoms with E-state index in [2.05, 4.69) is 74.0 Å². The number of piperidine rings is 1. The molecular formula is C30H33N3O3. The van der Waals surface area contributed by atoms with Gasteiger partial charge in [-0.05, 0) is 58.7 Å². The van der Waals surface area contributed by atoms with E-state index in [1.165, 1.54) is 5.56 Å².